The van der Waals surface area contributed by atoms with Gasteiger partial charge in [0.05, 0.1) is 0 Å². The van der Waals surface area contributed by atoms with Crippen LogP contribution >= 0.6 is 0 Å². The molecule has 1 atom stereocenters. The Balaban J connectivity index is 4.29. The maximum absolute atomic E-state index is 12.9. The Bertz CT molecular complexity index is 1010. The van der Waals surface area contributed by atoms with E-state index in [1.807, 2.05) is 0 Å². The molecule has 0 aromatic heterocycles. The van der Waals surface area contributed by atoms with Crippen LogP contribution < -0.4 is 0 Å². The molecule has 0 rings (SSSR count). The maximum Gasteiger partial charge on any atom is 0.306 e. The van der Waals surface area contributed by atoms with Crippen molar-refractivity contribution < 1.29 is 28.6 Å². The van der Waals surface area contributed by atoms with Gasteiger partial charge in [-0.1, -0.05) is 310 Å². The molecule has 0 aromatic carbocycles. The van der Waals surface area contributed by atoms with Crippen molar-refractivity contribution in [3.8, 4) is 0 Å². The summed E-state index contributed by atoms with van der Waals surface area (Å²) < 4.78 is 16.9. The lowest BCUT2D eigenvalue weighted by atomic mass is 10.0. The first-order valence-corrected chi connectivity index (χ1v) is 30.4. The predicted octanol–water partition coefficient (Wildman–Crippen LogP) is 20.2. The molecule has 0 bridgehead atoms. The third kappa shape index (κ3) is 55.2. The maximum atomic E-state index is 12.9. The second-order valence-electron chi connectivity index (χ2n) is 21.5. The number of esters is 3. The normalized spacial score (nSPS) is 12.0. The number of rotatable bonds is 56. The van der Waals surface area contributed by atoms with Crippen LogP contribution in [0.3, 0.4) is 0 Å². The average molecular weight is 948 g/mol. The highest BCUT2D eigenvalue weighted by Gasteiger charge is 2.19. The van der Waals surface area contributed by atoms with Gasteiger partial charge in [0, 0.05) is 19.3 Å². The zero-order chi connectivity index (χ0) is 48.8. The molecule has 0 saturated carbocycles. The zero-order valence-corrected chi connectivity index (χ0v) is 45.9. The summed E-state index contributed by atoms with van der Waals surface area (Å²) >= 11 is 0. The molecule has 0 spiro atoms. The predicted molar refractivity (Wildman–Crippen MR) is 289 cm³/mol. The smallest absolute Gasteiger partial charge is 0.306 e. The van der Waals surface area contributed by atoms with Gasteiger partial charge in [0.1, 0.15) is 13.2 Å². The molecule has 0 aromatic rings. The molecular weight excluding hydrogens is 829 g/mol. The van der Waals surface area contributed by atoms with Crippen LogP contribution in [0.5, 0.6) is 0 Å². The first kappa shape index (κ1) is 65.4. The van der Waals surface area contributed by atoms with Crippen molar-refractivity contribution in [2.24, 2.45) is 5.92 Å². The Morgan fingerprint density at radius 3 is 0.731 bits per heavy atom. The first-order chi connectivity index (χ1) is 32.9. The van der Waals surface area contributed by atoms with Crippen molar-refractivity contribution >= 4 is 17.9 Å². The van der Waals surface area contributed by atoms with E-state index in [1.54, 1.807) is 0 Å². The Labute approximate surface area is 418 Å². The molecule has 6 nitrogen and oxygen atoms in total. The quantitative estimate of drug-likeness (QED) is 0.0343. The molecule has 0 aliphatic rings. The van der Waals surface area contributed by atoms with Gasteiger partial charge in [0.2, 0.25) is 0 Å². The summed E-state index contributed by atoms with van der Waals surface area (Å²) in [6.07, 6.45) is 60.9. The van der Waals surface area contributed by atoms with Gasteiger partial charge in [-0.3, -0.25) is 14.4 Å². The Kier molecular flexibility index (Phi) is 54.0. The average Bonchev–Trinajstić information content (AvgIpc) is 3.31. The molecule has 0 fully saturated rings. The molecular formula is C61H118O6. The summed E-state index contributed by atoms with van der Waals surface area (Å²) in [4.78, 5) is 38.2. The van der Waals surface area contributed by atoms with Gasteiger partial charge < -0.3 is 14.2 Å². The number of carbonyl (C=O) groups excluding carboxylic acids is 3. The minimum atomic E-state index is -0.762. The van der Waals surface area contributed by atoms with E-state index >= 15 is 0 Å². The molecule has 0 aliphatic carbocycles. The minimum Gasteiger partial charge on any atom is -0.462 e. The van der Waals surface area contributed by atoms with Gasteiger partial charge in [-0.05, 0) is 25.2 Å². The fourth-order valence-electron chi connectivity index (χ4n) is 9.46. The number of hydrogen-bond acceptors (Lipinski definition) is 6. The van der Waals surface area contributed by atoms with Crippen molar-refractivity contribution in [3.05, 3.63) is 0 Å². The molecule has 0 saturated heterocycles. The van der Waals surface area contributed by atoms with Crippen LogP contribution in [0.4, 0.5) is 0 Å². The van der Waals surface area contributed by atoms with Gasteiger partial charge in [-0.15, -0.1) is 0 Å². The van der Waals surface area contributed by atoms with E-state index in [4.69, 9.17) is 14.2 Å². The van der Waals surface area contributed by atoms with Crippen LogP contribution in [0.15, 0.2) is 0 Å². The standard InChI is InChI=1S/C61H118O6/c1-5-7-9-11-13-15-17-19-21-22-24-28-32-36-40-44-48-52-59(62)65-55-58(67-61(64)54-50-46-42-38-34-30-23-20-18-16-14-12-10-8-6-2)56-66-60(63)53-49-45-41-37-33-29-26-25-27-31-35-39-43-47-51-57(3)4/h57-58H,5-56H2,1-4H3/t58-/m1/s1. The van der Waals surface area contributed by atoms with Gasteiger partial charge in [-0.25, -0.2) is 0 Å². The van der Waals surface area contributed by atoms with E-state index in [-0.39, 0.29) is 31.1 Å². The zero-order valence-electron chi connectivity index (χ0n) is 45.9. The SMILES string of the molecule is CCCCCCCCCCCCCCCCCCCC(=O)OC[C@H](COC(=O)CCCCCCCCCCCCCCCCC(C)C)OC(=O)CCCCCCCCCCCCCCCCC. The number of unbranched alkanes of at least 4 members (excludes halogenated alkanes) is 43. The van der Waals surface area contributed by atoms with Crippen molar-refractivity contribution in [2.75, 3.05) is 13.2 Å². The van der Waals surface area contributed by atoms with Gasteiger partial charge in [0.25, 0.3) is 0 Å². The van der Waals surface area contributed by atoms with E-state index in [0.29, 0.717) is 19.3 Å². The fraction of sp³-hybridized carbons (Fsp3) is 0.951. The van der Waals surface area contributed by atoms with Crippen LogP contribution in [0, 0.1) is 5.92 Å². The number of ether oxygens (including phenoxy) is 3. The summed E-state index contributed by atoms with van der Waals surface area (Å²) in [5, 5.41) is 0. The largest absolute Gasteiger partial charge is 0.462 e. The second-order valence-corrected chi connectivity index (χ2v) is 21.5. The first-order valence-electron chi connectivity index (χ1n) is 30.4. The molecule has 398 valence electrons. The Morgan fingerprint density at radius 2 is 0.493 bits per heavy atom. The summed E-state index contributed by atoms with van der Waals surface area (Å²) in [5.41, 5.74) is 0. The highest BCUT2D eigenvalue weighted by molar-refractivity contribution is 5.71. The summed E-state index contributed by atoms with van der Waals surface area (Å²) in [6.45, 7) is 9.08. The lowest BCUT2D eigenvalue weighted by Gasteiger charge is -2.18. The third-order valence-corrected chi connectivity index (χ3v) is 14.0. The van der Waals surface area contributed by atoms with Crippen LogP contribution in [-0.2, 0) is 28.6 Å². The molecule has 0 N–H and O–H groups in total. The van der Waals surface area contributed by atoms with Gasteiger partial charge >= 0.3 is 17.9 Å². The molecule has 6 heteroatoms. The minimum absolute atomic E-state index is 0.0614. The molecule has 0 amide bonds. The summed E-state index contributed by atoms with van der Waals surface area (Å²) in [5.74, 6) is 0.0140. The van der Waals surface area contributed by atoms with Gasteiger partial charge in [-0.2, -0.15) is 0 Å². The van der Waals surface area contributed by atoms with Crippen LogP contribution in [0.25, 0.3) is 0 Å². The van der Waals surface area contributed by atoms with E-state index in [2.05, 4.69) is 27.7 Å². The lowest BCUT2D eigenvalue weighted by Crippen LogP contribution is -2.30. The van der Waals surface area contributed by atoms with Crippen molar-refractivity contribution in [1.29, 1.82) is 0 Å². The Morgan fingerprint density at radius 1 is 0.284 bits per heavy atom. The fourth-order valence-corrected chi connectivity index (χ4v) is 9.46. The number of hydrogen-bond donors (Lipinski definition) is 0. The third-order valence-electron chi connectivity index (χ3n) is 14.0. The molecule has 0 aliphatic heterocycles. The van der Waals surface area contributed by atoms with E-state index in [1.165, 1.54) is 244 Å². The van der Waals surface area contributed by atoms with Gasteiger partial charge in [0.15, 0.2) is 6.10 Å². The van der Waals surface area contributed by atoms with E-state index in [9.17, 15) is 14.4 Å². The molecule has 0 unspecified atom stereocenters. The van der Waals surface area contributed by atoms with Crippen LogP contribution in [0.2, 0.25) is 0 Å². The molecule has 0 heterocycles. The van der Waals surface area contributed by atoms with Crippen LogP contribution in [0.1, 0.15) is 349 Å². The van der Waals surface area contributed by atoms with Crippen molar-refractivity contribution in [1.82, 2.24) is 0 Å². The lowest BCUT2D eigenvalue weighted by molar-refractivity contribution is -0.167. The molecule has 0 radical (unpaired) electrons. The van der Waals surface area contributed by atoms with E-state index < -0.39 is 6.10 Å². The van der Waals surface area contributed by atoms with Crippen molar-refractivity contribution in [3.63, 3.8) is 0 Å². The monoisotopic (exact) mass is 947 g/mol. The number of carbonyl (C=O) groups is 3. The van der Waals surface area contributed by atoms with E-state index in [0.717, 1.165) is 63.7 Å². The summed E-state index contributed by atoms with van der Waals surface area (Å²) in [6, 6.07) is 0. The Hall–Kier alpha value is -1.59. The highest BCUT2D eigenvalue weighted by atomic mass is 16.6. The van der Waals surface area contributed by atoms with Crippen LogP contribution in [-0.4, -0.2) is 37.2 Å². The second kappa shape index (κ2) is 55.3. The summed E-state index contributed by atoms with van der Waals surface area (Å²) in [7, 11) is 0. The topological polar surface area (TPSA) is 78.9 Å². The van der Waals surface area contributed by atoms with Crippen molar-refractivity contribution in [2.45, 2.75) is 355 Å². The highest BCUT2D eigenvalue weighted by Crippen LogP contribution is 2.18. The molecule has 67 heavy (non-hydrogen) atoms.